The average molecular weight is 382 g/mol. The molecule has 0 saturated carbocycles. The van der Waals surface area contributed by atoms with Crippen LogP contribution in [0.2, 0.25) is 0 Å². The van der Waals surface area contributed by atoms with Gasteiger partial charge in [0, 0.05) is 12.4 Å². The number of carbonyl (C=O) groups is 1. The lowest BCUT2D eigenvalue weighted by atomic mass is 10.2. The summed E-state index contributed by atoms with van der Waals surface area (Å²) < 4.78 is 76.2. The van der Waals surface area contributed by atoms with E-state index in [9.17, 15) is 35.9 Å². The van der Waals surface area contributed by atoms with Crippen LogP contribution in [0, 0.1) is 0 Å². The zero-order valence-corrected chi connectivity index (χ0v) is 11.5. The van der Waals surface area contributed by atoms with Gasteiger partial charge in [0.25, 0.3) is 0 Å². The third-order valence-corrected chi connectivity index (χ3v) is 2.55. The Morgan fingerprint density at radius 2 is 1.71 bits per heavy atom. The van der Waals surface area contributed by atoms with Gasteiger partial charge in [-0.1, -0.05) is 0 Å². The largest absolute Gasteiger partial charge is 0.452 e. The molecule has 0 bridgehead atoms. The Kier molecular flexibility index (Phi) is 5.07. The fourth-order valence-electron chi connectivity index (χ4n) is 1.26. The second-order valence-corrected chi connectivity index (χ2v) is 4.68. The lowest BCUT2D eigenvalue weighted by Gasteiger charge is -2.12. The summed E-state index contributed by atoms with van der Waals surface area (Å²) in [6, 6.07) is 0. The van der Waals surface area contributed by atoms with Gasteiger partial charge in [-0.25, -0.2) is 4.79 Å². The third-order valence-electron chi connectivity index (χ3n) is 1.98. The van der Waals surface area contributed by atoms with E-state index in [4.69, 9.17) is 0 Å². The number of nitrogens with zero attached hydrogens (tertiary/aromatic N) is 1. The van der Waals surface area contributed by atoms with Gasteiger partial charge < -0.3 is 9.30 Å². The lowest BCUT2D eigenvalue weighted by Crippen LogP contribution is -2.26. The van der Waals surface area contributed by atoms with Gasteiger partial charge in [-0.2, -0.15) is 26.3 Å². The Labute approximate surface area is 121 Å². The number of alkyl halides is 6. The highest BCUT2D eigenvalue weighted by atomic mass is 79.9. The summed E-state index contributed by atoms with van der Waals surface area (Å²) in [6.45, 7) is -3.47. The van der Waals surface area contributed by atoms with Crippen molar-refractivity contribution >= 4 is 21.9 Å². The minimum absolute atomic E-state index is 0.409. The van der Waals surface area contributed by atoms with Crippen molar-refractivity contribution in [1.29, 1.82) is 0 Å². The normalized spacial score (nSPS) is 12.3. The fourth-order valence-corrected chi connectivity index (χ4v) is 1.74. The quantitative estimate of drug-likeness (QED) is 0.597. The zero-order chi connectivity index (χ0) is 16.4. The second-order valence-electron chi connectivity index (χ2n) is 3.83. The predicted octanol–water partition coefficient (Wildman–Crippen LogP) is 2.89. The molecule has 0 fully saturated rings. The highest BCUT2D eigenvalue weighted by Crippen LogP contribution is 2.19. The molecule has 0 unspecified atom stereocenters. The Morgan fingerprint density at radius 1 is 1.14 bits per heavy atom. The van der Waals surface area contributed by atoms with Crippen molar-refractivity contribution in [2.75, 3.05) is 6.61 Å². The molecule has 21 heavy (non-hydrogen) atoms. The van der Waals surface area contributed by atoms with Crippen LogP contribution >= 0.6 is 15.9 Å². The molecule has 0 aromatic carbocycles. The van der Waals surface area contributed by atoms with E-state index in [0.29, 0.717) is 10.8 Å². The number of halogens is 7. The Bertz CT molecular complexity index is 592. The van der Waals surface area contributed by atoms with Crippen molar-refractivity contribution < 1.29 is 35.9 Å². The maximum absolute atomic E-state index is 12.2. The van der Waals surface area contributed by atoms with Crippen LogP contribution in [0.3, 0.4) is 0 Å². The Hall–Kier alpha value is -1.52. The van der Waals surface area contributed by atoms with Crippen molar-refractivity contribution in [3.63, 3.8) is 0 Å². The molecule has 0 saturated heterocycles. The summed E-state index contributed by atoms with van der Waals surface area (Å²) >= 11 is 2.63. The number of hydrogen-bond donors (Lipinski definition) is 0. The van der Waals surface area contributed by atoms with E-state index in [1.807, 2.05) is 0 Å². The van der Waals surface area contributed by atoms with E-state index < -0.39 is 46.9 Å². The fraction of sp³-hybridized carbons (Fsp3) is 0.400. The highest BCUT2D eigenvalue weighted by Gasteiger charge is 2.31. The standard InChI is InChI=1S/C10H6BrF6NO3/c11-6-2-18(3-9(12,13)14)1-5(7(6)19)8(20)21-4-10(15,16)17/h1-2H,3-4H2. The van der Waals surface area contributed by atoms with Crippen LogP contribution in [0.15, 0.2) is 21.7 Å². The number of carbonyl (C=O) groups excluding carboxylic acids is 1. The first-order valence-corrected chi connectivity index (χ1v) is 5.88. The van der Waals surface area contributed by atoms with Crippen LogP contribution in [0.25, 0.3) is 0 Å². The molecule has 1 aromatic heterocycles. The van der Waals surface area contributed by atoms with Crippen LogP contribution in [-0.2, 0) is 11.3 Å². The number of aromatic nitrogens is 1. The maximum Gasteiger partial charge on any atom is 0.422 e. The molecular formula is C10H6BrF6NO3. The molecule has 0 radical (unpaired) electrons. The molecule has 118 valence electrons. The molecule has 1 aromatic rings. The molecule has 1 rings (SSSR count). The molecule has 0 aliphatic rings. The lowest BCUT2D eigenvalue weighted by molar-refractivity contribution is -0.161. The molecule has 11 heteroatoms. The summed E-state index contributed by atoms with van der Waals surface area (Å²) in [6.07, 6.45) is -8.20. The number of pyridine rings is 1. The van der Waals surface area contributed by atoms with Crippen molar-refractivity contribution in [3.05, 3.63) is 32.7 Å². The summed E-state index contributed by atoms with van der Waals surface area (Å²) in [5.41, 5.74) is -2.00. The molecular weight excluding hydrogens is 376 g/mol. The van der Waals surface area contributed by atoms with Gasteiger partial charge in [0.2, 0.25) is 5.43 Å². The molecule has 1 heterocycles. The second kappa shape index (κ2) is 6.08. The average Bonchev–Trinajstić information content (AvgIpc) is 2.27. The smallest absolute Gasteiger partial charge is 0.422 e. The summed E-state index contributed by atoms with van der Waals surface area (Å²) in [5.74, 6) is -1.66. The number of rotatable bonds is 3. The molecule has 4 nitrogen and oxygen atoms in total. The van der Waals surface area contributed by atoms with Crippen molar-refractivity contribution in [2.24, 2.45) is 0 Å². The van der Waals surface area contributed by atoms with Gasteiger partial charge in [0.15, 0.2) is 6.61 Å². The van der Waals surface area contributed by atoms with Crippen LogP contribution in [0.5, 0.6) is 0 Å². The zero-order valence-electron chi connectivity index (χ0n) is 9.89. The first kappa shape index (κ1) is 17.5. The topological polar surface area (TPSA) is 48.3 Å². The number of ether oxygens (including phenoxy) is 1. The molecule has 0 amide bonds. The van der Waals surface area contributed by atoms with Crippen LogP contribution in [0.1, 0.15) is 10.4 Å². The number of hydrogen-bond acceptors (Lipinski definition) is 3. The SMILES string of the molecule is O=C(OCC(F)(F)F)c1cn(CC(F)(F)F)cc(Br)c1=O. The summed E-state index contributed by atoms with van der Waals surface area (Å²) in [4.78, 5) is 22.9. The molecule has 0 aliphatic heterocycles. The predicted molar refractivity (Wildman–Crippen MR) is 60.8 cm³/mol. The first-order chi connectivity index (χ1) is 9.39. The Balaban J connectivity index is 3.06. The minimum Gasteiger partial charge on any atom is -0.452 e. The van der Waals surface area contributed by atoms with Gasteiger partial charge >= 0.3 is 18.3 Å². The molecule has 0 N–H and O–H groups in total. The molecule has 0 aliphatic carbocycles. The van der Waals surface area contributed by atoms with Gasteiger partial charge in [0.05, 0.1) is 4.47 Å². The van der Waals surface area contributed by atoms with Gasteiger partial charge in [-0.05, 0) is 15.9 Å². The summed E-state index contributed by atoms with van der Waals surface area (Å²) in [7, 11) is 0. The third kappa shape index (κ3) is 5.78. The van der Waals surface area contributed by atoms with Crippen molar-refractivity contribution in [1.82, 2.24) is 4.57 Å². The van der Waals surface area contributed by atoms with Crippen LogP contribution in [0.4, 0.5) is 26.3 Å². The maximum atomic E-state index is 12.2. The van der Waals surface area contributed by atoms with E-state index >= 15 is 0 Å². The van der Waals surface area contributed by atoms with Crippen LogP contribution in [-0.4, -0.2) is 29.5 Å². The van der Waals surface area contributed by atoms with Crippen molar-refractivity contribution in [2.45, 2.75) is 18.9 Å². The number of esters is 1. The van der Waals surface area contributed by atoms with E-state index in [2.05, 4.69) is 20.7 Å². The first-order valence-electron chi connectivity index (χ1n) is 5.09. The van der Waals surface area contributed by atoms with E-state index in [0.717, 1.165) is 6.20 Å². The van der Waals surface area contributed by atoms with Gasteiger partial charge in [0.1, 0.15) is 12.1 Å². The highest BCUT2D eigenvalue weighted by molar-refractivity contribution is 9.10. The minimum atomic E-state index is -4.81. The summed E-state index contributed by atoms with van der Waals surface area (Å²) in [5, 5.41) is 0. The monoisotopic (exact) mass is 381 g/mol. The van der Waals surface area contributed by atoms with Crippen molar-refractivity contribution in [3.8, 4) is 0 Å². The van der Waals surface area contributed by atoms with E-state index in [1.165, 1.54) is 0 Å². The van der Waals surface area contributed by atoms with Crippen LogP contribution < -0.4 is 5.43 Å². The van der Waals surface area contributed by atoms with Gasteiger partial charge in [-0.3, -0.25) is 4.79 Å². The van der Waals surface area contributed by atoms with Gasteiger partial charge in [-0.15, -0.1) is 0 Å². The molecule has 0 spiro atoms. The van der Waals surface area contributed by atoms with E-state index in [1.54, 1.807) is 0 Å². The Morgan fingerprint density at radius 3 is 2.19 bits per heavy atom. The molecule has 0 atom stereocenters. The van der Waals surface area contributed by atoms with E-state index in [-0.39, 0.29) is 0 Å².